The summed E-state index contributed by atoms with van der Waals surface area (Å²) in [5.41, 5.74) is 0.525. The molecule has 1 fully saturated rings. The van der Waals surface area contributed by atoms with Gasteiger partial charge in [0.1, 0.15) is 17.1 Å². The summed E-state index contributed by atoms with van der Waals surface area (Å²) in [6, 6.07) is 6.99. The highest BCUT2D eigenvalue weighted by atomic mass is 35.5. The predicted octanol–water partition coefficient (Wildman–Crippen LogP) is 2.82. The molecule has 0 aliphatic carbocycles. The van der Waals surface area contributed by atoms with Gasteiger partial charge in [-0.1, -0.05) is 11.6 Å². The van der Waals surface area contributed by atoms with Crippen LogP contribution in [0, 0.1) is 0 Å². The van der Waals surface area contributed by atoms with Gasteiger partial charge in [0.2, 0.25) is 0 Å². The molecule has 28 heavy (non-hydrogen) atoms. The molecule has 2 aromatic rings. The Kier molecular flexibility index (Phi) is 5.06. The standard InChI is InChI=1S/C19H15ClN2O6/c1-21-16(23)13(17(24)22(2)19(21)26)9-11-5-7-15(28-11)12-8-10(18(25)27-3)4-6-14(12)20/h4-9H,1-3H3. The van der Waals surface area contributed by atoms with Crippen LogP contribution in [-0.2, 0) is 14.3 Å². The summed E-state index contributed by atoms with van der Waals surface area (Å²) in [5, 5.41) is 0.344. The van der Waals surface area contributed by atoms with Gasteiger partial charge in [-0.3, -0.25) is 19.4 Å². The maximum atomic E-state index is 12.3. The first kappa shape index (κ1) is 19.4. The van der Waals surface area contributed by atoms with Gasteiger partial charge in [-0.25, -0.2) is 9.59 Å². The topological polar surface area (TPSA) is 97.1 Å². The number of likely N-dealkylation sites (N-methyl/N-ethyl adjacent to an activating group) is 2. The smallest absolute Gasteiger partial charge is 0.337 e. The number of furan rings is 1. The number of carbonyl (C=O) groups excluding carboxylic acids is 4. The summed E-state index contributed by atoms with van der Waals surface area (Å²) in [5.74, 6) is -1.44. The Morgan fingerprint density at radius 3 is 2.32 bits per heavy atom. The number of barbiturate groups is 1. The van der Waals surface area contributed by atoms with Crippen LogP contribution in [0.25, 0.3) is 17.4 Å². The van der Waals surface area contributed by atoms with E-state index in [1.54, 1.807) is 12.1 Å². The van der Waals surface area contributed by atoms with Crippen molar-refractivity contribution in [3.63, 3.8) is 0 Å². The minimum Gasteiger partial charge on any atom is -0.465 e. The van der Waals surface area contributed by atoms with E-state index < -0.39 is 23.8 Å². The molecule has 0 saturated carbocycles. The zero-order valence-corrected chi connectivity index (χ0v) is 15.9. The van der Waals surface area contributed by atoms with Gasteiger partial charge in [0.05, 0.1) is 17.7 Å². The number of nitrogens with zero attached hydrogens (tertiary/aromatic N) is 2. The van der Waals surface area contributed by atoms with Crippen molar-refractivity contribution in [1.29, 1.82) is 0 Å². The van der Waals surface area contributed by atoms with Crippen LogP contribution in [0.3, 0.4) is 0 Å². The average Bonchev–Trinajstić information content (AvgIpc) is 3.16. The lowest BCUT2D eigenvalue weighted by Gasteiger charge is -2.28. The highest BCUT2D eigenvalue weighted by Gasteiger charge is 2.38. The molecule has 9 heteroatoms. The molecular weight excluding hydrogens is 388 g/mol. The molecule has 1 aromatic carbocycles. The van der Waals surface area contributed by atoms with Gasteiger partial charge in [0, 0.05) is 19.7 Å². The summed E-state index contributed by atoms with van der Waals surface area (Å²) in [4.78, 5) is 49.7. The van der Waals surface area contributed by atoms with Crippen LogP contribution in [0.1, 0.15) is 16.1 Å². The number of rotatable bonds is 3. The number of carbonyl (C=O) groups is 4. The molecule has 1 aliphatic heterocycles. The molecule has 8 nitrogen and oxygen atoms in total. The molecule has 1 aromatic heterocycles. The fourth-order valence-corrected chi connectivity index (χ4v) is 2.86. The van der Waals surface area contributed by atoms with E-state index in [0.717, 1.165) is 9.80 Å². The van der Waals surface area contributed by atoms with Gasteiger partial charge < -0.3 is 9.15 Å². The third-order valence-corrected chi connectivity index (χ3v) is 4.54. The number of esters is 1. The molecular formula is C19H15ClN2O6. The largest absolute Gasteiger partial charge is 0.465 e. The Labute approximate surface area is 164 Å². The van der Waals surface area contributed by atoms with E-state index in [-0.39, 0.29) is 16.9 Å². The fraction of sp³-hybridized carbons (Fsp3) is 0.158. The fourth-order valence-electron chi connectivity index (χ4n) is 2.65. The summed E-state index contributed by atoms with van der Waals surface area (Å²) in [6.07, 6.45) is 1.26. The van der Waals surface area contributed by atoms with Crippen LogP contribution < -0.4 is 0 Å². The normalized spacial score (nSPS) is 14.6. The molecule has 1 aliphatic rings. The van der Waals surface area contributed by atoms with Crippen LogP contribution in [0.2, 0.25) is 5.02 Å². The molecule has 2 heterocycles. The number of hydrogen-bond donors (Lipinski definition) is 0. The second kappa shape index (κ2) is 7.32. The van der Waals surface area contributed by atoms with Crippen LogP contribution >= 0.6 is 11.6 Å². The van der Waals surface area contributed by atoms with E-state index in [0.29, 0.717) is 16.3 Å². The maximum Gasteiger partial charge on any atom is 0.337 e. The molecule has 0 N–H and O–H groups in total. The van der Waals surface area contributed by atoms with Gasteiger partial charge in [-0.05, 0) is 36.4 Å². The van der Waals surface area contributed by atoms with Crippen LogP contribution in [0.4, 0.5) is 4.79 Å². The number of methoxy groups -OCH3 is 1. The van der Waals surface area contributed by atoms with Crippen molar-refractivity contribution in [1.82, 2.24) is 9.80 Å². The van der Waals surface area contributed by atoms with Crippen LogP contribution in [0.5, 0.6) is 0 Å². The first-order chi connectivity index (χ1) is 13.2. The molecule has 144 valence electrons. The minimum atomic E-state index is -0.725. The second-order valence-corrected chi connectivity index (χ2v) is 6.36. The van der Waals surface area contributed by atoms with Gasteiger partial charge in [-0.2, -0.15) is 0 Å². The number of halogens is 1. The zero-order valence-electron chi connectivity index (χ0n) is 15.2. The van der Waals surface area contributed by atoms with Crippen molar-refractivity contribution < 1.29 is 28.3 Å². The van der Waals surface area contributed by atoms with E-state index in [4.69, 9.17) is 20.8 Å². The number of benzene rings is 1. The number of hydrogen-bond acceptors (Lipinski definition) is 6. The van der Waals surface area contributed by atoms with Gasteiger partial charge in [0.25, 0.3) is 11.8 Å². The first-order valence-electron chi connectivity index (χ1n) is 8.04. The van der Waals surface area contributed by atoms with E-state index in [2.05, 4.69) is 0 Å². The Balaban J connectivity index is 1.98. The summed E-state index contributed by atoms with van der Waals surface area (Å²) < 4.78 is 10.4. The SMILES string of the molecule is COC(=O)c1ccc(Cl)c(-c2ccc(C=C3C(=O)N(C)C(=O)N(C)C3=O)o2)c1. The lowest BCUT2D eigenvalue weighted by atomic mass is 10.1. The highest BCUT2D eigenvalue weighted by Crippen LogP contribution is 2.31. The van der Waals surface area contributed by atoms with E-state index in [1.165, 1.54) is 45.5 Å². The van der Waals surface area contributed by atoms with E-state index in [9.17, 15) is 19.2 Å². The quantitative estimate of drug-likeness (QED) is 0.445. The molecule has 1 saturated heterocycles. The van der Waals surface area contributed by atoms with E-state index in [1.807, 2.05) is 0 Å². The van der Waals surface area contributed by atoms with Crippen LogP contribution in [0.15, 0.2) is 40.3 Å². The Morgan fingerprint density at radius 2 is 1.71 bits per heavy atom. The zero-order chi connectivity index (χ0) is 20.6. The van der Waals surface area contributed by atoms with Gasteiger partial charge in [0.15, 0.2) is 0 Å². The predicted molar refractivity (Wildman–Crippen MR) is 99.4 cm³/mol. The lowest BCUT2D eigenvalue weighted by Crippen LogP contribution is -2.52. The highest BCUT2D eigenvalue weighted by molar-refractivity contribution is 6.33. The number of amides is 4. The van der Waals surface area contributed by atoms with Crippen molar-refractivity contribution in [3.8, 4) is 11.3 Å². The third-order valence-electron chi connectivity index (χ3n) is 4.21. The lowest BCUT2D eigenvalue weighted by molar-refractivity contribution is -0.134. The van der Waals surface area contributed by atoms with Crippen molar-refractivity contribution in [2.75, 3.05) is 21.2 Å². The minimum absolute atomic E-state index is 0.208. The van der Waals surface area contributed by atoms with E-state index >= 15 is 0 Å². The molecule has 0 atom stereocenters. The summed E-state index contributed by atoms with van der Waals surface area (Å²) >= 11 is 6.19. The average molecular weight is 403 g/mol. The molecule has 3 rings (SSSR count). The second-order valence-electron chi connectivity index (χ2n) is 5.96. The van der Waals surface area contributed by atoms with Crippen LogP contribution in [-0.4, -0.2) is 54.8 Å². The van der Waals surface area contributed by atoms with Gasteiger partial charge >= 0.3 is 12.0 Å². The number of imide groups is 2. The Bertz CT molecular complexity index is 1010. The van der Waals surface area contributed by atoms with Crippen molar-refractivity contribution in [2.45, 2.75) is 0 Å². The summed E-state index contributed by atoms with van der Waals surface area (Å²) in [6.45, 7) is 0. The summed E-state index contributed by atoms with van der Waals surface area (Å²) in [7, 11) is 3.84. The van der Waals surface area contributed by atoms with Crippen molar-refractivity contribution >= 4 is 41.5 Å². The molecule has 4 amide bonds. The number of urea groups is 1. The van der Waals surface area contributed by atoms with Crippen molar-refractivity contribution in [2.24, 2.45) is 0 Å². The Morgan fingerprint density at radius 1 is 1.07 bits per heavy atom. The molecule has 0 spiro atoms. The molecule has 0 unspecified atom stereocenters. The third kappa shape index (κ3) is 3.29. The molecule has 0 bridgehead atoms. The Hall–Kier alpha value is -3.39. The number of ether oxygens (including phenoxy) is 1. The monoisotopic (exact) mass is 402 g/mol. The molecule has 0 radical (unpaired) electrons. The van der Waals surface area contributed by atoms with Gasteiger partial charge in [-0.15, -0.1) is 0 Å². The maximum absolute atomic E-state index is 12.3. The first-order valence-corrected chi connectivity index (χ1v) is 8.42. The van der Waals surface area contributed by atoms with Crippen molar-refractivity contribution in [3.05, 3.63) is 52.3 Å².